The SMILES string of the molecule is O=C(O)C1(Cn2nnnc2-c2cccc(Br)c2)CC1. The molecule has 19 heavy (non-hydrogen) atoms. The zero-order chi connectivity index (χ0) is 13.5. The van der Waals surface area contributed by atoms with Crippen molar-refractivity contribution in [2.24, 2.45) is 5.41 Å². The highest BCUT2D eigenvalue weighted by atomic mass is 79.9. The van der Waals surface area contributed by atoms with Crippen LogP contribution in [0.5, 0.6) is 0 Å². The molecule has 0 spiro atoms. The molecule has 1 heterocycles. The molecule has 1 aromatic heterocycles. The number of aromatic nitrogens is 4. The Bertz CT molecular complexity index is 636. The molecule has 1 aliphatic rings. The maximum atomic E-state index is 11.2. The third-order valence-corrected chi connectivity index (χ3v) is 3.87. The molecular formula is C12H11BrN4O2. The Labute approximate surface area is 117 Å². The number of benzene rings is 1. The second-order valence-electron chi connectivity index (χ2n) is 4.76. The highest BCUT2D eigenvalue weighted by Crippen LogP contribution is 2.47. The Morgan fingerprint density at radius 1 is 1.47 bits per heavy atom. The number of nitrogens with zero attached hydrogens (tertiary/aromatic N) is 4. The molecule has 2 aromatic rings. The molecule has 0 aliphatic heterocycles. The monoisotopic (exact) mass is 322 g/mol. The van der Waals surface area contributed by atoms with Crippen LogP contribution in [0.4, 0.5) is 0 Å². The van der Waals surface area contributed by atoms with Gasteiger partial charge in [-0.25, -0.2) is 4.68 Å². The number of rotatable bonds is 4. The van der Waals surface area contributed by atoms with Crippen LogP contribution in [0, 0.1) is 5.41 Å². The highest BCUT2D eigenvalue weighted by Gasteiger charge is 2.51. The number of hydrogen-bond donors (Lipinski definition) is 1. The van der Waals surface area contributed by atoms with Crippen molar-refractivity contribution in [2.75, 3.05) is 0 Å². The van der Waals surface area contributed by atoms with Crippen molar-refractivity contribution in [3.05, 3.63) is 28.7 Å². The van der Waals surface area contributed by atoms with Crippen LogP contribution in [-0.2, 0) is 11.3 Å². The Morgan fingerprint density at radius 3 is 2.89 bits per heavy atom. The van der Waals surface area contributed by atoms with Gasteiger partial charge in [0.25, 0.3) is 0 Å². The smallest absolute Gasteiger partial charge is 0.311 e. The highest BCUT2D eigenvalue weighted by molar-refractivity contribution is 9.10. The van der Waals surface area contributed by atoms with Crippen molar-refractivity contribution < 1.29 is 9.90 Å². The molecule has 1 aliphatic carbocycles. The van der Waals surface area contributed by atoms with Crippen molar-refractivity contribution in [3.63, 3.8) is 0 Å². The van der Waals surface area contributed by atoms with Gasteiger partial charge >= 0.3 is 5.97 Å². The Morgan fingerprint density at radius 2 is 2.26 bits per heavy atom. The minimum absolute atomic E-state index is 0.317. The molecule has 3 rings (SSSR count). The fourth-order valence-corrected chi connectivity index (χ4v) is 2.42. The van der Waals surface area contributed by atoms with Crippen molar-refractivity contribution in [3.8, 4) is 11.4 Å². The zero-order valence-corrected chi connectivity index (χ0v) is 11.5. The van der Waals surface area contributed by atoms with E-state index in [-0.39, 0.29) is 0 Å². The lowest BCUT2D eigenvalue weighted by Gasteiger charge is -2.10. The molecule has 0 amide bonds. The molecule has 98 valence electrons. The standard InChI is InChI=1S/C12H11BrN4O2/c13-9-3-1-2-8(6-9)10-14-15-16-17(10)7-12(4-5-12)11(18)19/h1-3,6H,4-5,7H2,(H,18,19). The van der Waals surface area contributed by atoms with Crippen LogP contribution in [0.25, 0.3) is 11.4 Å². The summed E-state index contributed by atoms with van der Waals surface area (Å²) in [7, 11) is 0. The summed E-state index contributed by atoms with van der Waals surface area (Å²) in [6, 6.07) is 7.61. The van der Waals surface area contributed by atoms with Crippen LogP contribution >= 0.6 is 15.9 Å². The van der Waals surface area contributed by atoms with E-state index in [1.165, 1.54) is 0 Å². The van der Waals surface area contributed by atoms with Gasteiger partial charge in [-0.05, 0) is 35.4 Å². The summed E-state index contributed by atoms with van der Waals surface area (Å²) < 4.78 is 2.50. The van der Waals surface area contributed by atoms with Gasteiger partial charge in [0.2, 0.25) is 0 Å². The third-order valence-electron chi connectivity index (χ3n) is 3.37. The Balaban J connectivity index is 1.93. The van der Waals surface area contributed by atoms with E-state index in [2.05, 4.69) is 31.5 Å². The van der Waals surface area contributed by atoms with Gasteiger partial charge < -0.3 is 5.11 Å². The van der Waals surface area contributed by atoms with Crippen molar-refractivity contribution in [1.82, 2.24) is 20.2 Å². The summed E-state index contributed by atoms with van der Waals surface area (Å²) in [4.78, 5) is 11.2. The van der Waals surface area contributed by atoms with E-state index in [9.17, 15) is 9.90 Å². The van der Waals surface area contributed by atoms with E-state index < -0.39 is 11.4 Å². The first-order chi connectivity index (χ1) is 9.11. The van der Waals surface area contributed by atoms with Crippen LogP contribution < -0.4 is 0 Å². The van der Waals surface area contributed by atoms with Crippen molar-refractivity contribution in [1.29, 1.82) is 0 Å². The summed E-state index contributed by atoms with van der Waals surface area (Å²) in [6.07, 6.45) is 1.36. The number of tetrazole rings is 1. The predicted octanol–water partition coefficient (Wildman–Crippen LogP) is 1.97. The van der Waals surface area contributed by atoms with E-state index in [1.54, 1.807) is 4.68 Å². The Hall–Kier alpha value is -1.76. The third kappa shape index (κ3) is 2.25. The van der Waals surface area contributed by atoms with Crippen molar-refractivity contribution >= 4 is 21.9 Å². The zero-order valence-electron chi connectivity index (χ0n) is 9.95. The average molecular weight is 323 g/mol. The maximum Gasteiger partial charge on any atom is 0.311 e. The molecule has 1 saturated carbocycles. The van der Waals surface area contributed by atoms with E-state index in [1.807, 2.05) is 24.3 Å². The second-order valence-corrected chi connectivity index (χ2v) is 5.67. The van der Waals surface area contributed by atoms with Crippen LogP contribution in [-0.4, -0.2) is 31.3 Å². The molecule has 0 unspecified atom stereocenters. The van der Waals surface area contributed by atoms with E-state index in [0.29, 0.717) is 25.2 Å². The molecule has 0 atom stereocenters. The van der Waals surface area contributed by atoms with Gasteiger partial charge in [0.05, 0.1) is 12.0 Å². The topological polar surface area (TPSA) is 80.9 Å². The van der Waals surface area contributed by atoms with Crippen LogP contribution in [0.2, 0.25) is 0 Å². The fraction of sp³-hybridized carbons (Fsp3) is 0.333. The lowest BCUT2D eigenvalue weighted by molar-refractivity contribution is -0.144. The molecule has 7 heteroatoms. The predicted molar refractivity (Wildman–Crippen MR) is 70.3 cm³/mol. The number of carbonyl (C=O) groups is 1. The molecule has 0 radical (unpaired) electrons. The van der Waals surface area contributed by atoms with Gasteiger partial charge in [0.1, 0.15) is 0 Å². The number of hydrogen-bond acceptors (Lipinski definition) is 4. The number of carboxylic acids is 1. The van der Waals surface area contributed by atoms with E-state index in [0.717, 1.165) is 10.0 Å². The Kier molecular flexibility index (Phi) is 2.85. The first-order valence-electron chi connectivity index (χ1n) is 5.86. The normalized spacial score (nSPS) is 16.3. The number of aliphatic carboxylic acids is 1. The summed E-state index contributed by atoms with van der Waals surface area (Å²) >= 11 is 3.40. The molecule has 1 aromatic carbocycles. The number of halogens is 1. The first kappa shape index (κ1) is 12.3. The lowest BCUT2D eigenvalue weighted by Crippen LogP contribution is -2.22. The van der Waals surface area contributed by atoms with Crippen LogP contribution in [0.15, 0.2) is 28.7 Å². The first-order valence-corrected chi connectivity index (χ1v) is 6.66. The number of carboxylic acid groups (broad SMARTS) is 1. The minimum Gasteiger partial charge on any atom is -0.481 e. The molecular weight excluding hydrogens is 312 g/mol. The van der Waals surface area contributed by atoms with Gasteiger partial charge in [-0.2, -0.15) is 0 Å². The summed E-state index contributed by atoms with van der Waals surface area (Å²) in [5.74, 6) is -0.183. The van der Waals surface area contributed by atoms with Gasteiger partial charge in [-0.15, -0.1) is 5.10 Å². The van der Waals surface area contributed by atoms with Crippen LogP contribution in [0.3, 0.4) is 0 Å². The minimum atomic E-state index is -0.775. The van der Waals surface area contributed by atoms with Crippen molar-refractivity contribution in [2.45, 2.75) is 19.4 Å². The molecule has 6 nitrogen and oxygen atoms in total. The quantitative estimate of drug-likeness (QED) is 0.930. The van der Waals surface area contributed by atoms with E-state index in [4.69, 9.17) is 0 Å². The molecule has 1 fully saturated rings. The summed E-state index contributed by atoms with van der Waals surface area (Å²) in [5, 5.41) is 20.8. The van der Waals surface area contributed by atoms with Gasteiger partial charge in [0.15, 0.2) is 5.82 Å². The lowest BCUT2D eigenvalue weighted by atomic mass is 10.1. The second kappa shape index (κ2) is 4.41. The van der Waals surface area contributed by atoms with Gasteiger partial charge in [-0.1, -0.05) is 28.1 Å². The van der Waals surface area contributed by atoms with Crippen LogP contribution in [0.1, 0.15) is 12.8 Å². The fourth-order valence-electron chi connectivity index (χ4n) is 2.02. The maximum absolute atomic E-state index is 11.2. The van der Waals surface area contributed by atoms with Gasteiger partial charge in [0, 0.05) is 10.0 Å². The average Bonchev–Trinajstić information content (AvgIpc) is 3.01. The van der Waals surface area contributed by atoms with E-state index >= 15 is 0 Å². The summed E-state index contributed by atoms with van der Waals surface area (Å²) in [5.41, 5.74) is 0.177. The summed E-state index contributed by atoms with van der Waals surface area (Å²) in [6.45, 7) is 0.317. The molecule has 0 saturated heterocycles. The van der Waals surface area contributed by atoms with Gasteiger partial charge in [-0.3, -0.25) is 4.79 Å². The largest absolute Gasteiger partial charge is 0.481 e. The molecule has 0 bridgehead atoms. The molecule has 1 N–H and O–H groups in total.